The first-order valence-corrected chi connectivity index (χ1v) is 10.1. The molecule has 4 heterocycles. The molecule has 2 aromatic heterocycles. The summed E-state index contributed by atoms with van der Waals surface area (Å²) < 4.78 is 22.6. The summed E-state index contributed by atoms with van der Waals surface area (Å²) in [6, 6.07) is 1.97. The van der Waals surface area contributed by atoms with Gasteiger partial charge in [-0.15, -0.1) is 0 Å². The van der Waals surface area contributed by atoms with E-state index < -0.39 is 6.10 Å². The van der Waals surface area contributed by atoms with Crippen molar-refractivity contribution in [3.8, 4) is 23.7 Å². The van der Waals surface area contributed by atoms with Crippen LogP contribution in [0.2, 0.25) is 5.02 Å². The predicted molar refractivity (Wildman–Crippen MR) is 111 cm³/mol. The van der Waals surface area contributed by atoms with E-state index in [1.54, 1.807) is 18.2 Å². The van der Waals surface area contributed by atoms with Crippen LogP contribution in [0.5, 0.6) is 11.9 Å². The van der Waals surface area contributed by atoms with Gasteiger partial charge in [0, 0.05) is 5.41 Å². The summed E-state index contributed by atoms with van der Waals surface area (Å²) in [5, 5.41) is 10.2. The van der Waals surface area contributed by atoms with Crippen LogP contribution in [-0.4, -0.2) is 64.3 Å². The van der Waals surface area contributed by atoms with Gasteiger partial charge in [0.1, 0.15) is 29.9 Å². The summed E-state index contributed by atoms with van der Waals surface area (Å²) in [5.74, 6) is 6.37. The number of imidazole rings is 1. The van der Waals surface area contributed by atoms with E-state index in [4.69, 9.17) is 30.5 Å². The number of aromatic nitrogens is 3. The maximum absolute atomic E-state index is 9.83. The molecule has 4 rings (SSSR count). The molecule has 160 valence electrons. The first-order chi connectivity index (χ1) is 14.3. The van der Waals surface area contributed by atoms with Gasteiger partial charge in [-0.05, 0) is 39.0 Å². The largest absolute Gasteiger partial charge is 0.472 e. The Morgan fingerprint density at radius 2 is 2.10 bits per heavy atom. The molecule has 0 radical (unpaired) electrons. The van der Waals surface area contributed by atoms with E-state index in [-0.39, 0.29) is 48.8 Å². The van der Waals surface area contributed by atoms with E-state index in [2.05, 4.69) is 26.8 Å². The van der Waals surface area contributed by atoms with Gasteiger partial charge >= 0.3 is 0 Å². The molecule has 2 fully saturated rings. The van der Waals surface area contributed by atoms with Crippen LogP contribution in [0.4, 0.5) is 0 Å². The molecule has 0 amide bonds. The number of pyridine rings is 1. The van der Waals surface area contributed by atoms with Crippen LogP contribution >= 0.6 is 11.6 Å². The van der Waals surface area contributed by atoms with Crippen molar-refractivity contribution in [1.82, 2.24) is 15.0 Å². The molecule has 1 unspecified atom stereocenters. The fourth-order valence-electron chi connectivity index (χ4n) is 3.22. The number of fused-ring (bicyclic) bond motifs is 2. The van der Waals surface area contributed by atoms with Gasteiger partial charge in [-0.1, -0.05) is 23.4 Å². The maximum Gasteiger partial charge on any atom is 0.296 e. The first-order valence-electron chi connectivity index (χ1n) is 9.75. The number of halogens is 1. The van der Waals surface area contributed by atoms with E-state index in [0.29, 0.717) is 22.8 Å². The number of hydrogen-bond donors (Lipinski definition) is 2. The summed E-state index contributed by atoms with van der Waals surface area (Å²) in [4.78, 5) is 11.7. The second kappa shape index (κ2) is 8.44. The van der Waals surface area contributed by atoms with Crippen molar-refractivity contribution in [2.75, 3.05) is 19.8 Å². The Kier molecular flexibility index (Phi) is 5.89. The fraction of sp³-hybridized carbons (Fsp3) is 0.524. The van der Waals surface area contributed by atoms with Crippen molar-refractivity contribution >= 4 is 22.8 Å². The van der Waals surface area contributed by atoms with Crippen molar-refractivity contribution in [3.05, 3.63) is 23.2 Å². The number of aromatic amines is 1. The highest BCUT2D eigenvalue weighted by Gasteiger charge is 2.48. The van der Waals surface area contributed by atoms with Crippen LogP contribution in [-0.2, 0) is 9.47 Å². The number of aliphatic hydroxyl groups excluding tert-OH is 1. The number of ether oxygens (including phenoxy) is 4. The van der Waals surface area contributed by atoms with Gasteiger partial charge in [0.25, 0.3) is 6.01 Å². The van der Waals surface area contributed by atoms with Gasteiger partial charge in [-0.2, -0.15) is 9.97 Å². The van der Waals surface area contributed by atoms with Crippen LogP contribution in [0.3, 0.4) is 0 Å². The SMILES string of the molecule is CC(C)(C)C#C/C=C/COc1nc2nc(O[C@@H]3CO[C@H]4C3OC[C@H]4O)[nH]c2cc1Cl. The van der Waals surface area contributed by atoms with E-state index in [1.807, 2.05) is 20.8 Å². The van der Waals surface area contributed by atoms with Gasteiger partial charge in [0.2, 0.25) is 5.88 Å². The molecule has 2 aliphatic rings. The smallest absolute Gasteiger partial charge is 0.296 e. The number of nitrogens with zero attached hydrogens (tertiary/aromatic N) is 2. The number of nitrogens with one attached hydrogen (secondary N) is 1. The summed E-state index contributed by atoms with van der Waals surface area (Å²) in [6.45, 7) is 6.99. The zero-order chi connectivity index (χ0) is 21.3. The Morgan fingerprint density at radius 3 is 2.90 bits per heavy atom. The molecule has 9 heteroatoms. The molecule has 0 bridgehead atoms. The third kappa shape index (κ3) is 4.71. The molecule has 0 aromatic carbocycles. The molecule has 0 aliphatic carbocycles. The van der Waals surface area contributed by atoms with Crippen molar-refractivity contribution in [2.45, 2.75) is 45.2 Å². The molecule has 4 atom stereocenters. The van der Waals surface area contributed by atoms with Gasteiger partial charge in [0.05, 0.1) is 18.7 Å². The topological polar surface area (TPSA) is 98.7 Å². The van der Waals surface area contributed by atoms with Crippen molar-refractivity contribution < 1.29 is 24.1 Å². The zero-order valence-electron chi connectivity index (χ0n) is 17.0. The van der Waals surface area contributed by atoms with E-state index in [1.165, 1.54) is 0 Å². The van der Waals surface area contributed by atoms with Crippen LogP contribution < -0.4 is 9.47 Å². The summed E-state index contributed by atoms with van der Waals surface area (Å²) in [6.07, 6.45) is 1.86. The van der Waals surface area contributed by atoms with Crippen LogP contribution in [0.25, 0.3) is 11.2 Å². The van der Waals surface area contributed by atoms with Gasteiger partial charge in [0.15, 0.2) is 11.8 Å². The highest BCUT2D eigenvalue weighted by molar-refractivity contribution is 6.32. The van der Waals surface area contributed by atoms with E-state index >= 15 is 0 Å². The van der Waals surface area contributed by atoms with E-state index in [9.17, 15) is 5.11 Å². The lowest BCUT2D eigenvalue weighted by Crippen LogP contribution is -2.34. The van der Waals surface area contributed by atoms with Crippen LogP contribution in [0.1, 0.15) is 20.8 Å². The zero-order valence-corrected chi connectivity index (χ0v) is 17.8. The van der Waals surface area contributed by atoms with Crippen molar-refractivity contribution in [2.24, 2.45) is 5.41 Å². The van der Waals surface area contributed by atoms with Crippen molar-refractivity contribution in [1.29, 1.82) is 0 Å². The highest BCUT2D eigenvalue weighted by Crippen LogP contribution is 2.31. The molecule has 2 saturated heterocycles. The van der Waals surface area contributed by atoms with Crippen LogP contribution in [0, 0.1) is 17.3 Å². The highest BCUT2D eigenvalue weighted by atomic mass is 35.5. The minimum absolute atomic E-state index is 0.0456. The quantitative estimate of drug-likeness (QED) is 0.699. The molecule has 0 spiro atoms. The third-order valence-electron chi connectivity index (χ3n) is 4.58. The lowest BCUT2D eigenvalue weighted by molar-refractivity contribution is 0.00706. The maximum atomic E-state index is 9.83. The second-order valence-corrected chi connectivity index (χ2v) is 8.65. The molecular weight excluding hydrogens is 410 g/mol. The molecule has 8 nitrogen and oxygen atoms in total. The minimum Gasteiger partial charge on any atom is -0.472 e. The standard InChI is InChI=1S/C21H24ClN3O5/c1-21(2,3)7-5-4-6-8-27-19-12(22)9-13-18(24-19)25-20(23-13)30-15-11-29-16-14(26)10-28-17(15)16/h4,6,9,14-17,26H,8,10-11H2,1-3H3,(H,23,24,25)/b6-4+/t14-,15-,16-,17?/m1/s1. The number of hydrogen-bond acceptors (Lipinski definition) is 7. The Morgan fingerprint density at radius 1 is 1.30 bits per heavy atom. The summed E-state index contributed by atoms with van der Waals surface area (Å²) >= 11 is 6.28. The third-order valence-corrected chi connectivity index (χ3v) is 4.85. The number of allylic oxidation sites excluding steroid dienone is 1. The van der Waals surface area contributed by atoms with E-state index in [0.717, 1.165) is 0 Å². The van der Waals surface area contributed by atoms with Crippen molar-refractivity contribution in [3.63, 3.8) is 0 Å². The number of rotatable bonds is 5. The normalized spacial score (nSPS) is 26.0. The molecule has 0 saturated carbocycles. The average molecular weight is 434 g/mol. The molecule has 2 aliphatic heterocycles. The lowest BCUT2D eigenvalue weighted by Gasteiger charge is -2.15. The molecule has 30 heavy (non-hydrogen) atoms. The Bertz CT molecular complexity index is 1000. The molecule has 2 N–H and O–H groups in total. The molecule has 2 aromatic rings. The minimum atomic E-state index is -0.632. The number of H-pyrrole nitrogens is 1. The number of aliphatic hydroxyl groups is 1. The Labute approximate surface area is 179 Å². The predicted octanol–water partition coefficient (Wildman–Crippen LogP) is 2.50. The van der Waals surface area contributed by atoms with Gasteiger partial charge < -0.3 is 29.0 Å². The summed E-state index contributed by atoms with van der Waals surface area (Å²) in [7, 11) is 0. The monoisotopic (exact) mass is 433 g/mol. The van der Waals surface area contributed by atoms with Crippen LogP contribution in [0.15, 0.2) is 18.2 Å². The Balaban J connectivity index is 1.40. The first kappa shape index (κ1) is 20.9. The summed E-state index contributed by atoms with van der Waals surface area (Å²) in [5.41, 5.74) is 0.997. The second-order valence-electron chi connectivity index (χ2n) is 8.24. The lowest BCUT2D eigenvalue weighted by atomic mass is 9.98. The Hall–Kier alpha value is -2.31. The molecular formula is C21H24ClN3O5. The van der Waals surface area contributed by atoms with Gasteiger partial charge in [-0.3, -0.25) is 0 Å². The average Bonchev–Trinajstić information content (AvgIpc) is 3.34. The van der Waals surface area contributed by atoms with Gasteiger partial charge in [-0.25, -0.2) is 0 Å². The fourth-order valence-corrected chi connectivity index (χ4v) is 3.42.